The quantitative estimate of drug-likeness (QED) is 0.876. The van der Waals surface area contributed by atoms with E-state index in [4.69, 9.17) is 11.6 Å². The molecule has 0 saturated carbocycles. The van der Waals surface area contributed by atoms with Gasteiger partial charge in [-0.2, -0.15) is 0 Å². The molecule has 23 heavy (non-hydrogen) atoms. The van der Waals surface area contributed by atoms with Crippen molar-refractivity contribution in [2.45, 2.75) is 18.2 Å². The summed E-state index contributed by atoms with van der Waals surface area (Å²) in [5.74, 6) is -0.501. The minimum atomic E-state index is -4.83. The van der Waals surface area contributed by atoms with Crippen molar-refractivity contribution in [1.29, 1.82) is 0 Å². The predicted octanol–water partition coefficient (Wildman–Crippen LogP) is 4.35. The molecule has 0 spiro atoms. The Balaban J connectivity index is 2.22. The maximum Gasteiger partial charge on any atom is 0.573 e. The Kier molecular flexibility index (Phi) is 4.76. The van der Waals surface area contributed by atoms with Crippen LogP contribution in [-0.4, -0.2) is 14.8 Å². The number of halogens is 4. The number of benzene rings is 2. The summed E-state index contributed by atoms with van der Waals surface area (Å²) in [6, 6.07) is 8.50. The first-order valence-electron chi connectivity index (χ1n) is 6.22. The molecule has 0 saturated heterocycles. The first-order chi connectivity index (χ1) is 10.6. The Morgan fingerprint density at radius 1 is 1.09 bits per heavy atom. The molecule has 0 amide bonds. The van der Waals surface area contributed by atoms with Crippen molar-refractivity contribution < 1.29 is 26.3 Å². The molecule has 0 aromatic heterocycles. The van der Waals surface area contributed by atoms with Crippen LogP contribution in [0.5, 0.6) is 5.75 Å². The molecule has 0 radical (unpaired) electrons. The van der Waals surface area contributed by atoms with Crippen LogP contribution in [0.1, 0.15) is 5.56 Å². The van der Waals surface area contributed by atoms with E-state index in [1.165, 1.54) is 12.1 Å². The lowest BCUT2D eigenvalue weighted by molar-refractivity contribution is -0.274. The second-order valence-electron chi connectivity index (χ2n) is 4.58. The van der Waals surface area contributed by atoms with E-state index in [-0.39, 0.29) is 4.90 Å². The zero-order chi connectivity index (χ0) is 17.3. The van der Waals surface area contributed by atoms with Crippen LogP contribution in [0, 0.1) is 6.92 Å². The molecular weight excluding hydrogens is 355 g/mol. The maximum atomic E-state index is 12.2. The van der Waals surface area contributed by atoms with Crippen molar-refractivity contribution in [2.24, 2.45) is 0 Å². The predicted molar refractivity (Wildman–Crippen MR) is 80.1 cm³/mol. The minimum Gasteiger partial charge on any atom is -0.406 e. The summed E-state index contributed by atoms with van der Waals surface area (Å²) >= 11 is 5.79. The van der Waals surface area contributed by atoms with Crippen LogP contribution in [0.2, 0.25) is 5.02 Å². The first-order valence-corrected chi connectivity index (χ1v) is 8.08. The van der Waals surface area contributed by atoms with Crippen molar-refractivity contribution in [2.75, 3.05) is 4.72 Å². The molecule has 2 aromatic rings. The molecule has 0 unspecified atom stereocenters. The molecule has 124 valence electrons. The van der Waals surface area contributed by atoms with E-state index in [0.717, 1.165) is 24.3 Å². The maximum absolute atomic E-state index is 12.2. The van der Waals surface area contributed by atoms with E-state index >= 15 is 0 Å². The van der Waals surface area contributed by atoms with E-state index in [1.807, 2.05) is 0 Å². The van der Waals surface area contributed by atoms with Gasteiger partial charge in [0.05, 0.1) is 10.6 Å². The molecule has 9 heteroatoms. The summed E-state index contributed by atoms with van der Waals surface area (Å²) < 4.78 is 66.7. The van der Waals surface area contributed by atoms with Gasteiger partial charge in [0, 0.05) is 5.02 Å². The summed E-state index contributed by atoms with van der Waals surface area (Å²) in [4.78, 5) is -0.193. The van der Waals surface area contributed by atoms with Gasteiger partial charge in [0.25, 0.3) is 10.0 Å². The van der Waals surface area contributed by atoms with Crippen LogP contribution in [0.25, 0.3) is 0 Å². The van der Waals surface area contributed by atoms with Gasteiger partial charge in [0.1, 0.15) is 5.75 Å². The molecule has 0 aliphatic rings. The number of anilines is 1. The van der Waals surface area contributed by atoms with Gasteiger partial charge in [0.15, 0.2) is 0 Å². The molecule has 0 fully saturated rings. The topological polar surface area (TPSA) is 55.4 Å². The van der Waals surface area contributed by atoms with Gasteiger partial charge >= 0.3 is 6.36 Å². The monoisotopic (exact) mass is 365 g/mol. The SMILES string of the molecule is Cc1cc(Cl)ccc1NS(=O)(=O)c1ccc(OC(F)(F)F)cc1. The third kappa shape index (κ3) is 4.77. The fourth-order valence-corrected chi connectivity index (χ4v) is 3.12. The van der Waals surface area contributed by atoms with E-state index in [0.29, 0.717) is 16.3 Å². The lowest BCUT2D eigenvalue weighted by atomic mass is 10.2. The lowest BCUT2D eigenvalue weighted by Gasteiger charge is -2.12. The average molecular weight is 366 g/mol. The Morgan fingerprint density at radius 3 is 2.22 bits per heavy atom. The van der Waals surface area contributed by atoms with E-state index in [9.17, 15) is 21.6 Å². The summed E-state index contributed by atoms with van der Waals surface area (Å²) in [5, 5.41) is 0.458. The molecule has 0 aliphatic carbocycles. The Hall–Kier alpha value is -1.93. The molecule has 2 rings (SSSR count). The van der Waals surface area contributed by atoms with Crippen LogP contribution in [0.15, 0.2) is 47.4 Å². The Morgan fingerprint density at radius 2 is 1.70 bits per heavy atom. The smallest absolute Gasteiger partial charge is 0.406 e. The van der Waals surface area contributed by atoms with Crippen molar-refractivity contribution in [3.63, 3.8) is 0 Å². The zero-order valence-corrected chi connectivity index (χ0v) is 13.3. The molecule has 0 bridgehead atoms. The molecule has 0 aliphatic heterocycles. The number of rotatable bonds is 4. The van der Waals surface area contributed by atoms with Crippen LogP contribution >= 0.6 is 11.6 Å². The minimum absolute atomic E-state index is 0.193. The van der Waals surface area contributed by atoms with E-state index in [1.54, 1.807) is 13.0 Å². The third-order valence-corrected chi connectivity index (χ3v) is 4.42. The van der Waals surface area contributed by atoms with Crippen LogP contribution < -0.4 is 9.46 Å². The van der Waals surface area contributed by atoms with Gasteiger partial charge in [-0.15, -0.1) is 13.2 Å². The number of sulfonamides is 1. The van der Waals surface area contributed by atoms with Crippen LogP contribution in [-0.2, 0) is 10.0 Å². The van der Waals surface area contributed by atoms with E-state index in [2.05, 4.69) is 9.46 Å². The number of aryl methyl sites for hydroxylation is 1. The third-order valence-electron chi connectivity index (χ3n) is 2.80. The molecule has 2 aromatic carbocycles. The number of hydrogen-bond donors (Lipinski definition) is 1. The first kappa shape index (κ1) is 17.4. The van der Waals surface area contributed by atoms with Gasteiger partial charge in [-0.3, -0.25) is 4.72 Å². The van der Waals surface area contributed by atoms with Crippen molar-refractivity contribution in [3.05, 3.63) is 53.1 Å². The summed E-state index contributed by atoms with van der Waals surface area (Å²) in [6.45, 7) is 1.67. The highest BCUT2D eigenvalue weighted by atomic mass is 35.5. The molecular formula is C14H11ClF3NO3S. The molecule has 1 N–H and O–H groups in total. The van der Waals surface area contributed by atoms with Gasteiger partial charge in [-0.05, 0) is 55.0 Å². The summed E-state index contributed by atoms with van der Waals surface area (Å²) in [7, 11) is -3.94. The fourth-order valence-electron chi connectivity index (χ4n) is 1.77. The second kappa shape index (κ2) is 6.29. The normalized spacial score (nSPS) is 12.0. The van der Waals surface area contributed by atoms with Crippen LogP contribution in [0.4, 0.5) is 18.9 Å². The fraction of sp³-hybridized carbons (Fsp3) is 0.143. The number of nitrogens with one attached hydrogen (secondary N) is 1. The largest absolute Gasteiger partial charge is 0.573 e. The number of ether oxygens (including phenoxy) is 1. The standard InChI is InChI=1S/C14H11ClF3NO3S/c1-9-8-10(15)2-7-13(9)19-23(20,21)12-5-3-11(4-6-12)22-14(16,17)18/h2-8,19H,1H3. The highest BCUT2D eigenvalue weighted by Crippen LogP contribution is 2.26. The molecule has 0 atom stereocenters. The van der Waals surface area contributed by atoms with Gasteiger partial charge in [-0.25, -0.2) is 8.42 Å². The molecule has 4 nitrogen and oxygen atoms in total. The zero-order valence-electron chi connectivity index (χ0n) is 11.7. The van der Waals surface area contributed by atoms with Crippen molar-refractivity contribution in [1.82, 2.24) is 0 Å². The summed E-state index contributed by atoms with van der Waals surface area (Å²) in [6.07, 6.45) is -4.83. The Labute approximate surface area is 135 Å². The van der Waals surface area contributed by atoms with Gasteiger partial charge < -0.3 is 4.74 Å². The lowest BCUT2D eigenvalue weighted by Crippen LogP contribution is -2.17. The van der Waals surface area contributed by atoms with Gasteiger partial charge in [0.2, 0.25) is 0 Å². The van der Waals surface area contributed by atoms with Crippen molar-refractivity contribution >= 4 is 27.3 Å². The number of hydrogen-bond acceptors (Lipinski definition) is 3. The van der Waals surface area contributed by atoms with Crippen LogP contribution in [0.3, 0.4) is 0 Å². The highest BCUT2D eigenvalue weighted by Gasteiger charge is 2.31. The summed E-state index contributed by atoms with van der Waals surface area (Å²) in [5.41, 5.74) is 0.933. The average Bonchev–Trinajstić information content (AvgIpc) is 2.41. The highest BCUT2D eigenvalue weighted by molar-refractivity contribution is 7.92. The van der Waals surface area contributed by atoms with Gasteiger partial charge in [-0.1, -0.05) is 11.6 Å². The number of alkyl halides is 3. The van der Waals surface area contributed by atoms with Crippen molar-refractivity contribution in [3.8, 4) is 5.75 Å². The second-order valence-corrected chi connectivity index (χ2v) is 6.70. The Bertz CT molecular complexity index is 805. The molecule has 0 heterocycles. The van der Waals surface area contributed by atoms with E-state index < -0.39 is 22.1 Å².